The molecule has 13 unspecified atom stereocenters. The molecule has 2 bridgehead atoms. The molecule has 1 spiro atoms. The van der Waals surface area contributed by atoms with E-state index in [1.54, 1.807) is 87.5 Å². The zero-order valence-corrected chi connectivity index (χ0v) is 31.3. The zero-order valence-electron chi connectivity index (χ0n) is 31.3. The Morgan fingerprint density at radius 3 is 1.62 bits per heavy atom. The first-order valence-electron chi connectivity index (χ1n) is 18.5. The van der Waals surface area contributed by atoms with E-state index in [1.807, 2.05) is 0 Å². The number of hydrogen-bond acceptors (Lipinski definition) is 12. The molecule has 290 valence electrons. The van der Waals surface area contributed by atoms with Gasteiger partial charge in [0.25, 0.3) is 0 Å². The van der Waals surface area contributed by atoms with Gasteiger partial charge in [0.1, 0.15) is 29.5 Å². The van der Waals surface area contributed by atoms with Crippen LogP contribution in [0.4, 0.5) is 0 Å². The third-order valence-electron chi connectivity index (χ3n) is 12.5. The van der Waals surface area contributed by atoms with Crippen molar-refractivity contribution in [3.63, 3.8) is 0 Å². The average molecular weight is 755 g/mol. The van der Waals surface area contributed by atoms with Gasteiger partial charge in [-0.3, -0.25) is 4.79 Å². The number of benzene rings is 3. The Labute approximate surface area is 319 Å². The van der Waals surface area contributed by atoms with Crippen LogP contribution in [0.25, 0.3) is 0 Å². The van der Waals surface area contributed by atoms with E-state index in [4.69, 9.17) is 23.7 Å². The van der Waals surface area contributed by atoms with Crippen LogP contribution in [0.2, 0.25) is 0 Å². The Balaban J connectivity index is 1.47. The van der Waals surface area contributed by atoms with Crippen molar-refractivity contribution in [2.75, 3.05) is 0 Å². The number of ether oxygens (including phenoxy) is 5. The number of aliphatic hydroxyl groups is 3. The van der Waals surface area contributed by atoms with Crippen molar-refractivity contribution < 1.29 is 58.2 Å². The minimum absolute atomic E-state index is 0.0240. The van der Waals surface area contributed by atoms with E-state index in [0.717, 1.165) is 6.92 Å². The number of carbonyl (C=O) groups is 4. The van der Waals surface area contributed by atoms with E-state index in [1.165, 1.54) is 31.2 Å². The monoisotopic (exact) mass is 754 g/mol. The van der Waals surface area contributed by atoms with Crippen molar-refractivity contribution in [1.29, 1.82) is 0 Å². The van der Waals surface area contributed by atoms with E-state index < -0.39 is 100 Å². The van der Waals surface area contributed by atoms with E-state index in [0.29, 0.717) is 0 Å². The maximum Gasteiger partial charge on any atom is 0.338 e. The Morgan fingerprint density at radius 2 is 1.16 bits per heavy atom. The highest BCUT2D eigenvalue weighted by Gasteiger charge is 2.87. The van der Waals surface area contributed by atoms with Gasteiger partial charge in [0.2, 0.25) is 0 Å². The van der Waals surface area contributed by atoms with Crippen molar-refractivity contribution in [3.8, 4) is 0 Å². The summed E-state index contributed by atoms with van der Waals surface area (Å²) in [6, 6.07) is 24.3. The molecule has 1 heterocycles. The molecular weight excluding hydrogens is 708 g/mol. The lowest BCUT2D eigenvalue weighted by molar-refractivity contribution is -0.388. The SMILES string of the molecule is C=C(C)C1(O)C(OC(=O)c2ccccc2)C(C)C2(O)C(C(OC(=O)c3ccccc3)C3(C)OC4(C(O)C(C)CC24)C3OC(=O)c2ccccc2)C1OC(C)=O. The van der Waals surface area contributed by atoms with Crippen LogP contribution in [0, 0.1) is 23.7 Å². The van der Waals surface area contributed by atoms with Crippen LogP contribution in [-0.4, -0.2) is 92.1 Å². The lowest BCUT2D eigenvalue weighted by atomic mass is 9.52. The Kier molecular flexibility index (Phi) is 9.56. The lowest BCUT2D eigenvalue weighted by Gasteiger charge is -2.62. The second kappa shape index (κ2) is 13.7. The highest BCUT2D eigenvalue weighted by molar-refractivity contribution is 5.91. The molecule has 1 saturated heterocycles. The first-order chi connectivity index (χ1) is 26.0. The standard InChI is InChI=1S/C43H46O12/c1-23(2)41(49)33(52-36(46)27-16-10-7-11-17-27)25(4)42(50)30-22-24(3)32(45)43(30)39(54-38(48)29-20-14-9-15-21-29)40(6,55-43)34(31(42)35(41)51-26(5)44)53-37(47)28-18-12-8-13-19-28/h7-21,24-25,30-35,39,45,49-50H,1,22H2,2-6H3. The second-order valence-corrected chi connectivity index (χ2v) is 15.7. The van der Waals surface area contributed by atoms with Crippen LogP contribution >= 0.6 is 0 Å². The van der Waals surface area contributed by atoms with E-state index in [2.05, 4.69) is 6.58 Å². The summed E-state index contributed by atoms with van der Waals surface area (Å²) in [4.78, 5) is 55.0. The van der Waals surface area contributed by atoms with Gasteiger partial charge in [0, 0.05) is 18.8 Å². The summed E-state index contributed by atoms with van der Waals surface area (Å²) in [7, 11) is 0. The van der Waals surface area contributed by atoms with Crippen molar-refractivity contribution in [2.24, 2.45) is 23.7 Å². The van der Waals surface area contributed by atoms with Gasteiger partial charge in [0.15, 0.2) is 11.7 Å². The molecule has 0 aromatic heterocycles. The number of esters is 4. The molecule has 7 rings (SSSR count). The summed E-state index contributed by atoms with van der Waals surface area (Å²) >= 11 is 0. The normalized spacial score (nSPS) is 38.5. The van der Waals surface area contributed by atoms with Gasteiger partial charge >= 0.3 is 23.9 Å². The number of fused-ring (bicyclic) bond motifs is 3. The molecule has 3 saturated carbocycles. The van der Waals surface area contributed by atoms with Gasteiger partial charge in [-0.25, -0.2) is 14.4 Å². The van der Waals surface area contributed by atoms with Gasteiger partial charge in [-0.1, -0.05) is 75.0 Å². The Morgan fingerprint density at radius 1 is 0.709 bits per heavy atom. The fourth-order valence-electron chi connectivity index (χ4n) is 10.0. The van der Waals surface area contributed by atoms with Gasteiger partial charge in [-0.2, -0.15) is 0 Å². The van der Waals surface area contributed by atoms with Crippen LogP contribution in [0.15, 0.2) is 103 Å². The molecule has 3 aliphatic carbocycles. The maximum atomic E-state index is 14.1. The highest BCUT2D eigenvalue weighted by atomic mass is 16.7. The second-order valence-electron chi connectivity index (χ2n) is 15.7. The van der Waals surface area contributed by atoms with Crippen molar-refractivity contribution in [2.45, 2.75) is 94.0 Å². The van der Waals surface area contributed by atoms with Gasteiger partial charge in [0.05, 0.1) is 34.3 Å². The van der Waals surface area contributed by atoms with Crippen LogP contribution in [0.1, 0.15) is 72.1 Å². The third-order valence-corrected chi connectivity index (χ3v) is 12.5. The molecule has 0 amide bonds. The van der Waals surface area contributed by atoms with Crippen molar-refractivity contribution in [3.05, 3.63) is 120 Å². The van der Waals surface area contributed by atoms with Crippen LogP contribution in [-0.2, 0) is 28.5 Å². The molecule has 12 nitrogen and oxygen atoms in total. The Hall–Kier alpha value is -4.88. The van der Waals surface area contributed by atoms with Crippen LogP contribution in [0.3, 0.4) is 0 Å². The molecule has 3 aromatic carbocycles. The summed E-state index contributed by atoms with van der Waals surface area (Å²) < 4.78 is 31.7. The Bertz CT molecular complexity index is 1990. The summed E-state index contributed by atoms with van der Waals surface area (Å²) in [5.74, 6) is -7.75. The predicted octanol–water partition coefficient (Wildman–Crippen LogP) is 4.46. The van der Waals surface area contributed by atoms with Crippen molar-refractivity contribution >= 4 is 23.9 Å². The minimum Gasteiger partial charge on any atom is -0.458 e. The molecule has 0 radical (unpaired) electrons. The minimum atomic E-state index is -2.39. The zero-order chi connectivity index (χ0) is 39.7. The van der Waals surface area contributed by atoms with Crippen LogP contribution in [0.5, 0.6) is 0 Å². The summed E-state index contributed by atoms with van der Waals surface area (Å²) in [5, 5.41) is 38.9. The molecule has 13 atom stereocenters. The number of carbonyl (C=O) groups excluding carboxylic acids is 4. The molecule has 12 heteroatoms. The molecule has 1 aliphatic heterocycles. The lowest BCUT2D eigenvalue weighted by Crippen LogP contribution is -2.80. The highest BCUT2D eigenvalue weighted by Crippen LogP contribution is 2.70. The molecule has 3 aromatic rings. The fraction of sp³-hybridized carbons (Fsp3) is 0.442. The number of rotatable bonds is 8. The first-order valence-corrected chi connectivity index (χ1v) is 18.5. The van der Waals surface area contributed by atoms with E-state index >= 15 is 0 Å². The molecule has 4 fully saturated rings. The maximum absolute atomic E-state index is 14.1. The first kappa shape index (κ1) is 38.4. The van der Waals surface area contributed by atoms with Crippen LogP contribution < -0.4 is 0 Å². The summed E-state index contributed by atoms with van der Waals surface area (Å²) in [6.45, 7) is 11.5. The van der Waals surface area contributed by atoms with E-state index in [9.17, 15) is 34.5 Å². The van der Waals surface area contributed by atoms with Crippen molar-refractivity contribution in [1.82, 2.24) is 0 Å². The predicted molar refractivity (Wildman–Crippen MR) is 195 cm³/mol. The number of hydrogen-bond donors (Lipinski definition) is 3. The average Bonchev–Trinajstić information content (AvgIpc) is 3.38. The summed E-state index contributed by atoms with van der Waals surface area (Å²) in [6.07, 6.45) is -7.62. The largest absolute Gasteiger partial charge is 0.458 e. The van der Waals surface area contributed by atoms with Gasteiger partial charge in [-0.15, -0.1) is 0 Å². The molecule has 3 N–H and O–H groups in total. The smallest absolute Gasteiger partial charge is 0.338 e. The van der Waals surface area contributed by atoms with Gasteiger partial charge < -0.3 is 39.0 Å². The van der Waals surface area contributed by atoms with E-state index in [-0.39, 0.29) is 28.7 Å². The molecule has 55 heavy (non-hydrogen) atoms. The quantitative estimate of drug-likeness (QED) is 0.168. The third kappa shape index (κ3) is 5.63. The number of aliphatic hydroxyl groups excluding tert-OH is 1. The summed E-state index contributed by atoms with van der Waals surface area (Å²) in [5.41, 5.74) is -7.69. The topological polar surface area (TPSA) is 175 Å². The molecule has 4 aliphatic rings. The molecular formula is C43H46O12. The fourth-order valence-corrected chi connectivity index (χ4v) is 10.0. The van der Waals surface area contributed by atoms with Gasteiger partial charge in [-0.05, 0) is 68.2 Å².